The van der Waals surface area contributed by atoms with Crippen molar-refractivity contribution in [3.8, 4) is 5.69 Å². The van der Waals surface area contributed by atoms with Gasteiger partial charge in [-0.3, -0.25) is 0 Å². The minimum atomic E-state index is 0.898. The van der Waals surface area contributed by atoms with Gasteiger partial charge in [0.25, 0.3) is 0 Å². The van der Waals surface area contributed by atoms with E-state index < -0.39 is 0 Å². The molecule has 2 heterocycles. The van der Waals surface area contributed by atoms with Crippen molar-refractivity contribution in [3.05, 3.63) is 170 Å². The number of nitrogens with zero attached hydrogens (tertiary/aromatic N) is 2. The largest absolute Gasteiger partial charge is 0.455 e. The zero-order chi connectivity index (χ0) is 30.9. The van der Waals surface area contributed by atoms with E-state index in [9.17, 15) is 0 Å². The number of hydrogen-bond donors (Lipinski definition) is 0. The molecule has 10 aromatic rings. The fourth-order valence-electron chi connectivity index (χ4n) is 7.50. The highest BCUT2D eigenvalue weighted by Crippen LogP contribution is 2.46. The van der Waals surface area contributed by atoms with Gasteiger partial charge in [-0.25, -0.2) is 0 Å². The van der Waals surface area contributed by atoms with Crippen molar-refractivity contribution in [2.45, 2.75) is 0 Å². The van der Waals surface area contributed by atoms with Gasteiger partial charge in [0, 0.05) is 43.7 Å². The molecule has 0 atom stereocenters. The standard InChI is InChI=1S/C44H28N2O/c1-2-17-33-29(12-1)13-9-23-38(33)46(41-24-10-14-30-26-27-37-36-20-5-8-25-42(36)47-44(37)43(30)41)32-16-11-15-31(28-32)45-39-21-6-3-18-34(39)35-19-4-7-22-40(35)45/h1-28H. The van der Waals surface area contributed by atoms with E-state index >= 15 is 0 Å². The first-order valence-corrected chi connectivity index (χ1v) is 16.0. The molecule has 2 aromatic heterocycles. The summed E-state index contributed by atoms with van der Waals surface area (Å²) >= 11 is 0. The van der Waals surface area contributed by atoms with E-state index in [1.165, 1.54) is 32.6 Å². The van der Waals surface area contributed by atoms with Crippen molar-refractivity contribution in [2.75, 3.05) is 4.90 Å². The molecule has 0 saturated heterocycles. The van der Waals surface area contributed by atoms with E-state index in [0.29, 0.717) is 0 Å². The third kappa shape index (κ3) is 3.87. The van der Waals surface area contributed by atoms with Crippen LogP contribution in [0, 0.1) is 0 Å². The lowest BCUT2D eigenvalue weighted by Gasteiger charge is -2.28. The topological polar surface area (TPSA) is 21.3 Å². The van der Waals surface area contributed by atoms with E-state index in [1.54, 1.807) is 0 Å². The van der Waals surface area contributed by atoms with Crippen LogP contribution in [0.4, 0.5) is 17.1 Å². The van der Waals surface area contributed by atoms with Gasteiger partial charge in [-0.05, 0) is 65.4 Å². The van der Waals surface area contributed by atoms with Crippen LogP contribution in [0.15, 0.2) is 174 Å². The van der Waals surface area contributed by atoms with Gasteiger partial charge >= 0.3 is 0 Å². The van der Waals surface area contributed by atoms with Crippen molar-refractivity contribution in [3.63, 3.8) is 0 Å². The molecule has 220 valence electrons. The van der Waals surface area contributed by atoms with Crippen LogP contribution in [0.3, 0.4) is 0 Å². The number of para-hydroxylation sites is 3. The number of anilines is 3. The third-order valence-electron chi connectivity index (χ3n) is 9.54. The fourth-order valence-corrected chi connectivity index (χ4v) is 7.50. The van der Waals surface area contributed by atoms with Crippen LogP contribution in [0.5, 0.6) is 0 Å². The number of aromatic nitrogens is 1. The molecular weight excluding hydrogens is 572 g/mol. The maximum absolute atomic E-state index is 6.66. The molecule has 0 fully saturated rings. The quantitative estimate of drug-likeness (QED) is 0.200. The molecule has 0 unspecified atom stereocenters. The lowest BCUT2D eigenvalue weighted by molar-refractivity contribution is 0.672. The summed E-state index contributed by atoms with van der Waals surface area (Å²) < 4.78 is 9.05. The van der Waals surface area contributed by atoms with Crippen molar-refractivity contribution < 1.29 is 4.42 Å². The summed E-state index contributed by atoms with van der Waals surface area (Å²) in [6.45, 7) is 0. The summed E-state index contributed by atoms with van der Waals surface area (Å²) in [4.78, 5) is 2.41. The van der Waals surface area contributed by atoms with Crippen LogP contribution in [0.25, 0.3) is 71.0 Å². The predicted octanol–water partition coefficient (Wildman–Crippen LogP) is 12.5. The van der Waals surface area contributed by atoms with Crippen LogP contribution in [0.1, 0.15) is 0 Å². The maximum atomic E-state index is 6.66. The molecule has 0 aliphatic heterocycles. The normalized spacial score (nSPS) is 11.8. The lowest BCUT2D eigenvalue weighted by atomic mass is 10.0. The van der Waals surface area contributed by atoms with E-state index in [0.717, 1.165) is 55.5 Å². The minimum absolute atomic E-state index is 0.898. The van der Waals surface area contributed by atoms with Crippen molar-refractivity contribution in [1.82, 2.24) is 4.57 Å². The fraction of sp³-hybridized carbons (Fsp3) is 0. The summed E-state index contributed by atoms with van der Waals surface area (Å²) in [6, 6.07) is 60.8. The molecule has 0 amide bonds. The van der Waals surface area contributed by atoms with Crippen molar-refractivity contribution >= 4 is 82.4 Å². The average Bonchev–Trinajstić information content (AvgIpc) is 3.68. The molecule has 3 heteroatoms. The SMILES string of the molecule is c1cc(N(c2cccc3ccccc23)c2cccc3ccc4c5ccccc5oc4c23)cc(-n2c3ccccc3c3ccccc32)c1. The summed E-state index contributed by atoms with van der Waals surface area (Å²) in [5.74, 6) is 0. The Morgan fingerprint density at radius 2 is 1.04 bits per heavy atom. The molecule has 0 aliphatic rings. The Balaban J connectivity index is 1.30. The second kappa shape index (κ2) is 10.1. The van der Waals surface area contributed by atoms with Crippen LogP contribution in [0.2, 0.25) is 0 Å². The lowest BCUT2D eigenvalue weighted by Crippen LogP contribution is -2.11. The second-order valence-corrected chi connectivity index (χ2v) is 12.1. The van der Waals surface area contributed by atoms with Crippen molar-refractivity contribution in [1.29, 1.82) is 0 Å². The molecule has 47 heavy (non-hydrogen) atoms. The molecule has 0 aliphatic carbocycles. The van der Waals surface area contributed by atoms with E-state index in [1.807, 2.05) is 6.07 Å². The second-order valence-electron chi connectivity index (χ2n) is 12.1. The number of furan rings is 1. The highest BCUT2D eigenvalue weighted by atomic mass is 16.3. The van der Waals surface area contributed by atoms with Crippen LogP contribution >= 0.6 is 0 Å². The van der Waals surface area contributed by atoms with E-state index in [-0.39, 0.29) is 0 Å². The van der Waals surface area contributed by atoms with E-state index in [2.05, 4.69) is 173 Å². The van der Waals surface area contributed by atoms with Crippen molar-refractivity contribution in [2.24, 2.45) is 0 Å². The molecule has 8 aromatic carbocycles. The van der Waals surface area contributed by atoms with Gasteiger partial charge in [0.1, 0.15) is 11.2 Å². The average molecular weight is 601 g/mol. The van der Waals surface area contributed by atoms with Gasteiger partial charge in [0.05, 0.1) is 22.4 Å². The highest BCUT2D eigenvalue weighted by molar-refractivity contribution is 6.20. The van der Waals surface area contributed by atoms with Crippen LogP contribution in [-0.2, 0) is 0 Å². The monoisotopic (exact) mass is 600 g/mol. The first-order chi connectivity index (χ1) is 23.3. The smallest absolute Gasteiger partial charge is 0.145 e. The molecule has 0 saturated carbocycles. The Bertz CT molecular complexity index is 2760. The molecule has 0 N–H and O–H groups in total. The Hall–Kier alpha value is -6.32. The predicted molar refractivity (Wildman–Crippen MR) is 198 cm³/mol. The number of hydrogen-bond acceptors (Lipinski definition) is 2. The Labute approximate surface area is 271 Å². The maximum Gasteiger partial charge on any atom is 0.145 e. The zero-order valence-electron chi connectivity index (χ0n) is 25.5. The highest BCUT2D eigenvalue weighted by Gasteiger charge is 2.22. The van der Waals surface area contributed by atoms with Crippen LogP contribution < -0.4 is 4.90 Å². The number of rotatable bonds is 4. The van der Waals surface area contributed by atoms with Gasteiger partial charge in [-0.15, -0.1) is 0 Å². The summed E-state index contributed by atoms with van der Waals surface area (Å²) in [5, 5.41) is 9.37. The summed E-state index contributed by atoms with van der Waals surface area (Å²) in [7, 11) is 0. The zero-order valence-corrected chi connectivity index (χ0v) is 25.5. The Morgan fingerprint density at radius 1 is 0.426 bits per heavy atom. The Morgan fingerprint density at radius 3 is 1.85 bits per heavy atom. The van der Waals surface area contributed by atoms with Gasteiger partial charge < -0.3 is 13.9 Å². The molecular formula is C44H28N2O. The summed E-state index contributed by atoms with van der Waals surface area (Å²) in [5.41, 5.74) is 8.55. The first-order valence-electron chi connectivity index (χ1n) is 16.0. The van der Waals surface area contributed by atoms with Gasteiger partial charge in [-0.2, -0.15) is 0 Å². The Kier molecular flexibility index (Phi) is 5.57. The van der Waals surface area contributed by atoms with Gasteiger partial charge in [-0.1, -0.05) is 115 Å². The molecule has 0 bridgehead atoms. The van der Waals surface area contributed by atoms with E-state index in [4.69, 9.17) is 4.42 Å². The third-order valence-corrected chi connectivity index (χ3v) is 9.54. The summed E-state index contributed by atoms with van der Waals surface area (Å²) in [6.07, 6.45) is 0. The number of benzene rings is 8. The molecule has 3 nitrogen and oxygen atoms in total. The van der Waals surface area contributed by atoms with Crippen LogP contribution in [-0.4, -0.2) is 4.57 Å². The minimum Gasteiger partial charge on any atom is -0.455 e. The molecule has 0 spiro atoms. The van der Waals surface area contributed by atoms with Gasteiger partial charge in [0.2, 0.25) is 0 Å². The van der Waals surface area contributed by atoms with Gasteiger partial charge in [0.15, 0.2) is 0 Å². The molecule has 10 rings (SSSR count). The number of fused-ring (bicyclic) bond motifs is 9. The molecule has 0 radical (unpaired) electrons. The first kappa shape index (κ1) is 26.0.